The minimum Gasteiger partial charge on any atom is -0.312 e. The lowest BCUT2D eigenvalue weighted by molar-refractivity contribution is 0.641. The zero-order chi connectivity index (χ0) is 16.2. The molecule has 1 aromatic heterocycles. The van der Waals surface area contributed by atoms with Crippen molar-refractivity contribution in [1.29, 1.82) is 0 Å². The summed E-state index contributed by atoms with van der Waals surface area (Å²) in [5, 5.41) is 5.96. The van der Waals surface area contributed by atoms with Gasteiger partial charge in [-0.3, -0.25) is 4.79 Å². The van der Waals surface area contributed by atoms with E-state index in [-0.39, 0.29) is 5.56 Å². The molecule has 5 nitrogen and oxygen atoms in total. The minimum atomic E-state index is -0.180. The van der Waals surface area contributed by atoms with Gasteiger partial charge in [0.25, 0.3) is 5.56 Å². The molecular weight excluding hydrogens is 288 g/mol. The number of nitrogens with two attached hydrogens (primary N) is 1. The Balaban J connectivity index is 2.10. The molecule has 3 rings (SSSR count). The van der Waals surface area contributed by atoms with E-state index in [1.807, 2.05) is 60.7 Å². The van der Waals surface area contributed by atoms with E-state index in [9.17, 15) is 4.79 Å². The molecule has 5 heteroatoms. The van der Waals surface area contributed by atoms with Crippen LogP contribution in [-0.2, 0) is 6.54 Å². The van der Waals surface area contributed by atoms with Crippen LogP contribution < -0.4 is 16.4 Å². The van der Waals surface area contributed by atoms with Crippen molar-refractivity contribution in [3.8, 4) is 11.3 Å². The van der Waals surface area contributed by atoms with E-state index in [4.69, 9.17) is 5.84 Å². The molecule has 0 saturated carbocycles. The Morgan fingerprint density at radius 3 is 2.26 bits per heavy atom. The second-order valence-electron chi connectivity index (χ2n) is 5.34. The highest BCUT2D eigenvalue weighted by molar-refractivity contribution is 5.73. The molecule has 116 valence electrons. The molecule has 0 aliphatic rings. The third-order valence-corrected chi connectivity index (χ3v) is 3.58. The van der Waals surface area contributed by atoms with Crippen molar-refractivity contribution in [1.82, 2.24) is 9.78 Å². The van der Waals surface area contributed by atoms with Gasteiger partial charge in [0.1, 0.15) is 5.69 Å². The second-order valence-corrected chi connectivity index (χ2v) is 5.34. The SMILES string of the molecule is CN(N)c1cc(=O)n(Cc2ccccc2)nc1-c1ccccc1. The first kappa shape index (κ1) is 15.0. The molecule has 0 unspecified atom stereocenters. The average molecular weight is 306 g/mol. The summed E-state index contributed by atoms with van der Waals surface area (Å²) in [7, 11) is 1.70. The molecule has 2 aromatic carbocycles. The predicted octanol–water partition coefficient (Wildman–Crippen LogP) is 2.27. The highest BCUT2D eigenvalue weighted by atomic mass is 16.1. The second kappa shape index (κ2) is 6.46. The fraction of sp³-hybridized carbons (Fsp3) is 0.111. The van der Waals surface area contributed by atoms with Crippen LogP contribution in [0.1, 0.15) is 5.56 Å². The summed E-state index contributed by atoms with van der Waals surface area (Å²) in [5.41, 5.74) is 3.05. The molecule has 0 atom stereocenters. The minimum absolute atomic E-state index is 0.180. The largest absolute Gasteiger partial charge is 0.312 e. The summed E-state index contributed by atoms with van der Waals surface area (Å²) in [6.07, 6.45) is 0. The molecule has 0 radical (unpaired) electrons. The number of nitrogens with zero attached hydrogens (tertiary/aromatic N) is 3. The van der Waals surface area contributed by atoms with Gasteiger partial charge in [0.2, 0.25) is 0 Å². The summed E-state index contributed by atoms with van der Waals surface area (Å²) < 4.78 is 1.46. The first-order valence-electron chi connectivity index (χ1n) is 7.35. The van der Waals surface area contributed by atoms with Gasteiger partial charge in [-0.05, 0) is 5.56 Å². The molecular formula is C18H18N4O. The lowest BCUT2D eigenvalue weighted by atomic mass is 10.1. The van der Waals surface area contributed by atoms with E-state index < -0.39 is 0 Å². The molecule has 0 saturated heterocycles. The quantitative estimate of drug-likeness (QED) is 0.593. The Hall–Kier alpha value is -2.92. The van der Waals surface area contributed by atoms with E-state index in [0.717, 1.165) is 11.1 Å². The number of rotatable bonds is 4. The number of anilines is 1. The van der Waals surface area contributed by atoms with E-state index in [2.05, 4.69) is 5.10 Å². The summed E-state index contributed by atoms with van der Waals surface area (Å²) in [6, 6.07) is 21.0. The lowest BCUT2D eigenvalue weighted by Gasteiger charge is -2.17. The van der Waals surface area contributed by atoms with Gasteiger partial charge in [-0.1, -0.05) is 60.7 Å². The monoisotopic (exact) mass is 306 g/mol. The van der Waals surface area contributed by atoms with Crippen LogP contribution in [0.5, 0.6) is 0 Å². The zero-order valence-corrected chi connectivity index (χ0v) is 12.9. The van der Waals surface area contributed by atoms with Gasteiger partial charge in [-0.15, -0.1) is 0 Å². The highest BCUT2D eigenvalue weighted by Gasteiger charge is 2.13. The molecule has 2 N–H and O–H groups in total. The number of hydrogen-bond donors (Lipinski definition) is 1. The van der Waals surface area contributed by atoms with Gasteiger partial charge in [0.15, 0.2) is 0 Å². The maximum Gasteiger partial charge on any atom is 0.269 e. The van der Waals surface area contributed by atoms with E-state index in [1.54, 1.807) is 7.05 Å². The van der Waals surface area contributed by atoms with Crippen LogP contribution >= 0.6 is 0 Å². The van der Waals surface area contributed by atoms with Crippen molar-refractivity contribution in [3.63, 3.8) is 0 Å². The molecule has 0 bridgehead atoms. The lowest BCUT2D eigenvalue weighted by Crippen LogP contribution is -2.31. The smallest absolute Gasteiger partial charge is 0.269 e. The number of hydrogen-bond acceptors (Lipinski definition) is 4. The Kier molecular flexibility index (Phi) is 4.21. The van der Waals surface area contributed by atoms with Crippen molar-refractivity contribution >= 4 is 5.69 Å². The first-order valence-corrected chi connectivity index (χ1v) is 7.35. The highest BCUT2D eigenvalue weighted by Crippen LogP contribution is 2.25. The molecule has 0 spiro atoms. The maximum atomic E-state index is 12.4. The van der Waals surface area contributed by atoms with Crippen molar-refractivity contribution in [2.45, 2.75) is 6.54 Å². The molecule has 3 aromatic rings. The standard InChI is InChI=1S/C18H18N4O/c1-21(19)16-12-17(23)22(13-14-8-4-2-5-9-14)20-18(16)15-10-6-3-7-11-15/h2-12H,13,19H2,1H3. The van der Waals surface area contributed by atoms with Crippen molar-refractivity contribution in [2.75, 3.05) is 12.1 Å². The Labute approximate surface area is 134 Å². The molecule has 0 fully saturated rings. The molecule has 0 aliphatic carbocycles. The Morgan fingerprint density at radius 1 is 1.04 bits per heavy atom. The normalized spacial score (nSPS) is 10.5. The third-order valence-electron chi connectivity index (χ3n) is 3.58. The Bertz CT molecular complexity index is 842. The average Bonchev–Trinajstić information content (AvgIpc) is 2.58. The van der Waals surface area contributed by atoms with E-state index in [1.165, 1.54) is 15.8 Å². The van der Waals surface area contributed by atoms with E-state index in [0.29, 0.717) is 17.9 Å². The molecule has 0 amide bonds. The van der Waals surface area contributed by atoms with Crippen LogP contribution in [0.15, 0.2) is 71.5 Å². The summed E-state index contributed by atoms with van der Waals surface area (Å²) in [5.74, 6) is 5.87. The van der Waals surface area contributed by atoms with Crippen LogP contribution in [0.25, 0.3) is 11.3 Å². The summed E-state index contributed by atoms with van der Waals surface area (Å²) in [4.78, 5) is 12.4. The van der Waals surface area contributed by atoms with Crippen LogP contribution in [0.2, 0.25) is 0 Å². The van der Waals surface area contributed by atoms with Gasteiger partial charge in [-0.2, -0.15) is 5.10 Å². The number of benzene rings is 2. The van der Waals surface area contributed by atoms with Crippen LogP contribution in [0.3, 0.4) is 0 Å². The topological polar surface area (TPSA) is 64.2 Å². The van der Waals surface area contributed by atoms with Crippen molar-refractivity contribution < 1.29 is 0 Å². The van der Waals surface area contributed by atoms with Crippen LogP contribution in [0.4, 0.5) is 5.69 Å². The fourth-order valence-corrected chi connectivity index (χ4v) is 2.42. The van der Waals surface area contributed by atoms with Gasteiger partial charge in [0, 0.05) is 18.7 Å². The van der Waals surface area contributed by atoms with Crippen molar-refractivity contribution in [2.24, 2.45) is 5.84 Å². The van der Waals surface area contributed by atoms with Gasteiger partial charge < -0.3 is 5.01 Å². The van der Waals surface area contributed by atoms with Crippen molar-refractivity contribution in [3.05, 3.63) is 82.6 Å². The van der Waals surface area contributed by atoms with Gasteiger partial charge in [0.05, 0.1) is 12.2 Å². The molecule has 1 heterocycles. The summed E-state index contributed by atoms with van der Waals surface area (Å²) >= 11 is 0. The van der Waals surface area contributed by atoms with Crippen LogP contribution in [0, 0.1) is 0 Å². The third kappa shape index (κ3) is 3.30. The van der Waals surface area contributed by atoms with E-state index >= 15 is 0 Å². The van der Waals surface area contributed by atoms with Gasteiger partial charge in [-0.25, -0.2) is 10.5 Å². The first-order chi connectivity index (χ1) is 11.1. The zero-order valence-electron chi connectivity index (χ0n) is 12.9. The fourth-order valence-electron chi connectivity index (χ4n) is 2.42. The molecule has 23 heavy (non-hydrogen) atoms. The number of aromatic nitrogens is 2. The summed E-state index contributed by atoms with van der Waals surface area (Å²) in [6.45, 7) is 0.425. The Morgan fingerprint density at radius 2 is 1.65 bits per heavy atom. The number of hydrazine groups is 1. The van der Waals surface area contributed by atoms with Gasteiger partial charge >= 0.3 is 0 Å². The molecule has 0 aliphatic heterocycles. The van der Waals surface area contributed by atoms with Crippen LogP contribution in [-0.4, -0.2) is 16.8 Å². The maximum absolute atomic E-state index is 12.4. The predicted molar refractivity (Wildman–Crippen MR) is 92.1 cm³/mol.